The van der Waals surface area contributed by atoms with Gasteiger partial charge in [-0.25, -0.2) is 9.13 Å². The Kier molecular flexibility index (Phi) is 3.46. The molecule has 2 nitrogen and oxygen atoms in total. The molecule has 0 N–H and O–H groups in total. The summed E-state index contributed by atoms with van der Waals surface area (Å²) in [5.41, 5.74) is 0. The van der Waals surface area contributed by atoms with E-state index in [4.69, 9.17) is 23.2 Å². The Bertz CT molecular complexity index is 493. The van der Waals surface area contributed by atoms with Crippen molar-refractivity contribution < 1.29 is 9.13 Å². The van der Waals surface area contributed by atoms with Crippen molar-refractivity contribution in [2.75, 3.05) is 0 Å². The topological polar surface area (TPSA) is 7.76 Å². The second-order valence-corrected chi connectivity index (χ2v) is 6.48. The lowest BCUT2D eigenvalue weighted by molar-refractivity contribution is -0.709. The van der Waals surface area contributed by atoms with Gasteiger partial charge >= 0.3 is 0 Å². The maximum Gasteiger partial charge on any atom is 0.168 e. The summed E-state index contributed by atoms with van der Waals surface area (Å²) < 4.78 is 3.67. The van der Waals surface area contributed by atoms with E-state index in [0.29, 0.717) is 11.8 Å². The minimum absolute atomic E-state index is 0.302. The summed E-state index contributed by atoms with van der Waals surface area (Å²) in [6.07, 6.45) is 8.20. The number of rotatable bonds is 4. The molecule has 1 fully saturated rings. The average molecular weight is 295 g/mol. The van der Waals surface area contributed by atoms with Gasteiger partial charge < -0.3 is 0 Å². The molecule has 0 bridgehead atoms. The van der Waals surface area contributed by atoms with Crippen molar-refractivity contribution in [2.24, 2.45) is 11.8 Å². The molecule has 2 atom stereocenters. The van der Waals surface area contributed by atoms with Gasteiger partial charge in [-0.2, -0.15) is 0 Å². The van der Waals surface area contributed by atoms with Gasteiger partial charge in [0.25, 0.3) is 0 Å². The van der Waals surface area contributed by atoms with Gasteiger partial charge in [-0.15, -0.1) is 23.2 Å². The monoisotopic (exact) mass is 294 g/mol. The van der Waals surface area contributed by atoms with Gasteiger partial charge in [0.15, 0.2) is 37.9 Å². The summed E-state index contributed by atoms with van der Waals surface area (Å²) >= 11 is 12.8. The number of hydrogen-bond donors (Lipinski definition) is 0. The van der Waals surface area contributed by atoms with Gasteiger partial charge in [0, 0.05) is 24.3 Å². The fourth-order valence-corrected chi connectivity index (χ4v) is 3.28. The van der Waals surface area contributed by atoms with Crippen LogP contribution in [0.25, 0.3) is 0 Å². The molecule has 1 saturated carbocycles. The van der Waals surface area contributed by atoms with Crippen LogP contribution in [0.4, 0.5) is 0 Å². The largest absolute Gasteiger partial charge is 0.205 e. The van der Waals surface area contributed by atoms with E-state index in [1.54, 1.807) is 0 Å². The molecule has 4 heteroatoms. The van der Waals surface area contributed by atoms with Crippen molar-refractivity contribution in [3.05, 3.63) is 61.2 Å². The summed E-state index contributed by atoms with van der Waals surface area (Å²) in [5.74, 6) is 0.604. The van der Waals surface area contributed by atoms with Gasteiger partial charge in [-0.1, -0.05) is 12.1 Å². The summed E-state index contributed by atoms with van der Waals surface area (Å²) in [6, 6.07) is 12.1. The fourth-order valence-electron chi connectivity index (χ4n) is 2.52. The van der Waals surface area contributed by atoms with Crippen LogP contribution in [0.2, 0.25) is 0 Å². The second kappa shape index (κ2) is 5.10. The third kappa shape index (κ3) is 2.75. The number of hydrogen-bond acceptors (Lipinski definition) is 0. The summed E-state index contributed by atoms with van der Waals surface area (Å²) in [4.78, 5) is 0. The zero-order valence-electron chi connectivity index (χ0n) is 10.5. The first-order valence-corrected chi connectivity index (χ1v) is 7.19. The standard InChI is InChI=1S/C15H16Cl2N2/c16-15(17)13(11-18-7-3-1-4-8-18)14(15)12-19-9-5-2-6-10-19/h1-10,13-14H,11-12H2/q+2. The lowest BCUT2D eigenvalue weighted by atomic mass is 10.3. The highest BCUT2D eigenvalue weighted by atomic mass is 35.5. The summed E-state index contributed by atoms with van der Waals surface area (Å²) in [7, 11) is 0. The quantitative estimate of drug-likeness (QED) is 0.604. The molecule has 19 heavy (non-hydrogen) atoms. The van der Waals surface area contributed by atoms with Crippen LogP contribution in [0.5, 0.6) is 0 Å². The molecule has 0 spiro atoms. The van der Waals surface area contributed by atoms with Crippen molar-refractivity contribution in [3.63, 3.8) is 0 Å². The Labute approximate surface area is 123 Å². The van der Waals surface area contributed by atoms with E-state index >= 15 is 0 Å². The maximum atomic E-state index is 6.41. The Morgan fingerprint density at radius 2 is 1.05 bits per heavy atom. The van der Waals surface area contributed by atoms with Crippen LogP contribution in [0, 0.1) is 11.8 Å². The molecular formula is C15H16Cl2N2+2. The number of halogens is 2. The molecule has 0 amide bonds. The van der Waals surface area contributed by atoms with Crippen molar-refractivity contribution in [1.29, 1.82) is 0 Å². The van der Waals surface area contributed by atoms with Crippen LogP contribution in [-0.4, -0.2) is 4.33 Å². The number of nitrogens with zero attached hydrogens (tertiary/aromatic N) is 2. The molecule has 2 heterocycles. The fraction of sp³-hybridized carbons (Fsp3) is 0.333. The highest BCUT2D eigenvalue weighted by Crippen LogP contribution is 2.59. The highest BCUT2D eigenvalue weighted by molar-refractivity contribution is 6.51. The number of aromatic nitrogens is 2. The first-order valence-electron chi connectivity index (χ1n) is 6.44. The van der Waals surface area contributed by atoms with Crippen LogP contribution in [0.1, 0.15) is 0 Å². The predicted molar refractivity (Wildman–Crippen MR) is 74.7 cm³/mol. The lowest BCUT2D eigenvalue weighted by Crippen LogP contribution is -2.36. The number of pyridine rings is 2. The van der Waals surface area contributed by atoms with E-state index in [9.17, 15) is 0 Å². The Balaban J connectivity index is 1.67. The van der Waals surface area contributed by atoms with Crippen molar-refractivity contribution in [2.45, 2.75) is 17.4 Å². The first-order chi connectivity index (χ1) is 9.18. The Morgan fingerprint density at radius 3 is 1.42 bits per heavy atom. The van der Waals surface area contributed by atoms with Gasteiger partial charge in [0.05, 0.1) is 11.8 Å². The van der Waals surface area contributed by atoms with E-state index in [1.165, 1.54) is 0 Å². The van der Waals surface area contributed by atoms with E-state index in [-0.39, 0.29) is 0 Å². The lowest BCUT2D eigenvalue weighted by Gasteiger charge is -1.95. The second-order valence-electron chi connectivity index (χ2n) is 5.03. The minimum Gasteiger partial charge on any atom is -0.205 e. The zero-order chi connectivity index (χ0) is 13.3. The molecule has 2 aromatic rings. The van der Waals surface area contributed by atoms with Crippen LogP contribution < -0.4 is 9.13 Å². The summed E-state index contributed by atoms with van der Waals surface area (Å²) in [5, 5.41) is 0. The molecule has 0 saturated heterocycles. The van der Waals surface area contributed by atoms with E-state index in [1.807, 2.05) is 36.4 Å². The highest BCUT2D eigenvalue weighted by Gasteiger charge is 2.66. The molecular weight excluding hydrogens is 279 g/mol. The molecule has 2 unspecified atom stereocenters. The zero-order valence-corrected chi connectivity index (χ0v) is 12.0. The smallest absolute Gasteiger partial charge is 0.168 e. The Hall–Kier alpha value is -1.12. The van der Waals surface area contributed by atoms with Crippen LogP contribution in [0.3, 0.4) is 0 Å². The molecule has 2 aromatic heterocycles. The minimum atomic E-state index is -0.605. The molecule has 1 aliphatic carbocycles. The van der Waals surface area contributed by atoms with E-state index in [0.717, 1.165) is 13.1 Å². The molecule has 0 radical (unpaired) electrons. The SMILES string of the molecule is ClC1(Cl)C(C[n+]2ccccc2)C1C[n+]1ccccc1. The van der Waals surface area contributed by atoms with Gasteiger partial charge in [-0.05, 0) is 0 Å². The molecule has 0 aromatic carbocycles. The molecule has 1 aliphatic rings. The van der Waals surface area contributed by atoms with Gasteiger partial charge in [-0.3, -0.25) is 0 Å². The van der Waals surface area contributed by atoms with Gasteiger partial charge in [0.2, 0.25) is 0 Å². The van der Waals surface area contributed by atoms with Crippen molar-refractivity contribution in [3.8, 4) is 0 Å². The van der Waals surface area contributed by atoms with Crippen LogP contribution in [-0.2, 0) is 13.1 Å². The van der Waals surface area contributed by atoms with E-state index in [2.05, 4.69) is 33.9 Å². The maximum absolute atomic E-state index is 6.41. The molecule has 3 rings (SSSR count). The van der Waals surface area contributed by atoms with Crippen molar-refractivity contribution in [1.82, 2.24) is 0 Å². The normalized spacial score (nSPS) is 24.1. The van der Waals surface area contributed by atoms with Gasteiger partial charge in [0.1, 0.15) is 4.33 Å². The predicted octanol–water partition coefficient (Wildman–Crippen LogP) is 2.38. The third-order valence-electron chi connectivity index (χ3n) is 3.73. The molecule has 98 valence electrons. The van der Waals surface area contributed by atoms with Crippen LogP contribution in [0.15, 0.2) is 61.2 Å². The number of alkyl halides is 2. The van der Waals surface area contributed by atoms with E-state index < -0.39 is 4.33 Å². The Morgan fingerprint density at radius 1 is 0.684 bits per heavy atom. The average Bonchev–Trinajstić information content (AvgIpc) is 2.93. The summed E-state index contributed by atoms with van der Waals surface area (Å²) in [6.45, 7) is 1.73. The first kappa shape index (κ1) is 12.9. The van der Waals surface area contributed by atoms with Crippen LogP contribution >= 0.6 is 23.2 Å². The molecule has 0 aliphatic heterocycles. The van der Waals surface area contributed by atoms with Crippen molar-refractivity contribution >= 4 is 23.2 Å². The third-order valence-corrected chi connectivity index (χ3v) is 4.86.